The molecule has 4 aromatic rings. The second kappa shape index (κ2) is 7.66. The molecule has 4 heteroatoms. The fraction of sp³-hybridized carbons (Fsp3) is 0. The first-order valence-electron chi connectivity index (χ1n) is 9.88. The number of fused-ring (bicyclic) bond motifs is 1. The SMILES string of the molecule is N#CC1=CC(c2cc3ccccc3o2)=CC(C#N)=P1(c1ccccc1)c1ccccc1. The van der Waals surface area contributed by atoms with Crippen LogP contribution in [0.4, 0.5) is 0 Å². The van der Waals surface area contributed by atoms with Crippen LogP contribution in [0.15, 0.2) is 113 Å². The Morgan fingerprint density at radius 1 is 0.677 bits per heavy atom. The molecule has 31 heavy (non-hydrogen) atoms. The van der Waals surface area contributed by atoms with E-state index in [2.05, 4.69) is 12.1 Å². The van der Waals surface area contributed by atoms with Crippen LogP contribution in [-0.4, -0.2) is 5.29 Å². The molecule has 0 fully saturated rings. The van der Waals surface area contributed by atoms with E-state index in [0.717, 1.165) is 27.2 Å². The molecule has 1 aliphatic rings. The van der Waals surface area contributed by atoms with Crippen LogP contribution >= 0.6 is 6.89 Å². The van der Waals surface area contributed by atoms with Gasteiger partial charge in [0, 0.05) is 17.8 Å². The molecule has 0 saturated heterocycles. The summed E-state index contributed by atoms with van der Waals surface area (Å²) in [6.07, 6.45) is 3.79. The Labute approximate surface area is 180 Å². The van der Waals surface area contributed by atoms with Gasteiger partial charge in [-0.3, -0.25) is 0 Å². The van der Waals surface area contributed by atoms with Gasteiger partial charge in [0.15, 0.2) is 0 Å². The van der Waals surface area contributed by atoms with Gasteiger partial charge in [-0.15, -0.1) is 0 Å². The molecule has 0 bridgehead atoms. The lowest BCUT2D eigenvalue weighted by molar-refractivity contribution is 0.601. The van der Waals surface area contributed by atoms with Crippen molar-refractivity contribution in [1.82, 2.24) is 0 Å². The first-order valence-corrected chi connectivity index (χ1v) is 11.7. The maximum atomic E-state index is 10.3. The maximum absolute atomic E-state index is 10.3. The Bertz CT molecular complexity index is 1420. The van der Waals surface area contributed by atoms with E-state index in [1.165, 1.54) is 0 Å². The minimum Gasteiger partial charge on any atom is -0.456 e. The number of nitrogens with zero attached hydrogens (tertiary/aromatic N) is 2. The van der Waals surface area contributed by atoms with Crippen LogP contribution in [-0.2, 0) is 0 Å². The van der Waals surface area contributed by atoms with E-state index in [1.807, 2.05) is 103 Å². The van der Waals surface area contributed by atoms with Gasteiger partial charge in [-0.25, -0.2) is 0 Å². The first kappa shape index (κ1) is 19.0. The maximum Gasteiger partial charge on any atom is 0.135 e. The number of allylic oxidation sites excluding steroid dienone is 4. The van der Waals surface area contributed by atoms with Crippen molar-refractivity contribution in [3.8, 4) is 12.1 Å². The van der Waals surface area contributed by atoms with E-state index in [4.69, 9.17) is 4.42 Å². The molecule has 0 atom stereocenters. The number of nitriles is 2. The topological polar surface area (TPSA) is 60.7 Å². The minimum absolute atomic E-state index is 0.597. The lowest BCUT2D eigenvalue weighted by atomic mass is 10.1. The Morgan fingerprint density at radius 3 is 1.87 bits per heavy atom. The molecule has 1 aromatic heterocycles. The molecule has 1 aliphatic heterocycles. The summed E-state index contributed by atoms with van der Waals surface area (Å²) in [5.41, 5.74) is 1.52. The Hall–Kier alpha value is -4.04. The monoisotopic (exact) mass is 416 g/mol. The third-order valence-corrected chi connectivity index (χ3v) is 9.58. The van der Waals surface area contributed by atoms with Crippen molar-refractivity contribution in [2.75, 3.05) is 0 Å². The number of rotatable bonds is 3. The summed E-state index contributed by atoms with van der Waals surface area (Å²) >= 11 is 0. The van der Waals surface area contributed by atoms with E-state index < -0.39 is 6.89 Å². The number of hydrogen-bond acceptors (Lipinski definition) is 3. The van der Waals surface area contributed by atoms with E-state index in [0.29, 0.717) is 16.4 Å². The van der Waals surface area contributed by atoms with Gasteiger partial charge in [0.1, 0.15) is 23.5 Å². The van der Waals surface area contributed by atoms with Gasteiger partial charge in [0.25, 0.3) is 0 Å². The minimum atomic E-state index is -2.57. The summed E-state index contributed by atoms with van der Waals surface area (Å²) in [5, 5.41) is 24.8. The van der Waals surface area contributed by atoms with E-state index >= 15 is 0 Å². The fourth-order valence-corrected chi connectivity index (χ4v) is 8.02. The fourth-order valence-electron chi connectivity index (χ4n) is 4.15. The molecule has 3 nitrogen and oxygen atoms in total. The Balaban J connectivity index is 1.87. The van der Waals surface area contributed by atoms with Crippen LogP contribution in [0.25, 0.3) is 16.5 Å². The highest BCUT2D eigenvalue weighted by molar-refractivity contribution is 7.93. The van der Waals surface area contributed by atoms with E-state index in [-0.39, 0.29) is 0 Å². The smallest absolute Gasteiger partial charge is 0.135 e. The van der Waals surface area contributed by atoms with Crippen LogP contribution in [0.2, 0.25) is 0 Å². The number of para-hydroxylation sites is 1. The summed E-state index contributed by atoms with van der Waals surface area (Å²) in [5.74, 6) is 0.653. The summed E-state index contributed by atoms with van der Waals surface area (Å²) < 4.78 is 6.04. The van der Waals surface area contributed by atoms with Gasteiger partial charge < -0.3 is 4.42 Å². The number of benzene rings is 3. The Morgan fingerprint density at radius 2 is 1.29 bits per heavy atom. The van der Waals surface area contributed by atoms with Gasteiger partial charge in [-0.05, 0) is 34.9 Å². The zero-order valence-electron chi connectivity index (χ0n) is 16.6. The molecule has 2 heterocycles. The Kier molecular flexibility index (Phi) is 4.68. The first-order chi connectivity index (χ1) is 15.3. The zero-order chi connectivity index (χ0) is 21.3. The highest BCUT2D eigenvalue weighted by atomic mass is 31.2. The van der Waals surface area contributed by atoms with Crippen LogP contribution in [0.3, 0.4) is 0 Å². The molecule has 0 N–H and O–H groups in total. The zero-order valence-corrected chi connectivity index (χ0v) is 17.5. The molecular formula is C27H17N2OP. The third kappa shape index (κ3) is 2.96. The third-order valence-electron chi connectivity index (χ3n) is 5.53. The van der Waals surface area contributed by atoms with E-state index in [9.17, 15) is 10.5 Å². The van der Waals surface area contributed by atoms with Gasteiger partial charge in [0.2, 0.25) is 0 Å². The molecule has 0 saturated carbocycles. The number of hydrogen-bond donors (Lipinski definition) is 0. The van der Waals surface area contributed by atoms with Crippen LogP contribution in [0, 0.1) is 22.7 Å². The summed E-state index contributed by atoms with van der Waals surface area (Å²) in [6, 6.07) is 34.4. The van der Waals surface area contributed by atoms with Crippen molar-refractivity contribution in [3.05, 3.63) is 114 Å². The van der Waals surface area contributed by atoms with Crippen molar-refractivity contribution in [2.45, 2.75) is 0 Å². The second-order valence-corrected chi connectivity index (χ2v) is 10.6. The summed E-state index contributed by atoms with van der Waals surface area (Å²) in [6.45, 7) is -2.57. The van der Waals surface area contributed by atoms with Gasteiger partial charge in [-0.1, -0.05) is 78.9 Å². The van der Waals surface area contributed by atoms with Crippen LogP contribution in [0.5, 0.6) is 0 Å². The lowest BCUT2D eigenvalue weighted by Gasteiger charge is -2.30. The standard InChI is InChI=1S/C27H17N2OP/c28-18-24-15-21(27-17-20-9-7-8-14-26(20)30-27)16-25(19-29)31(24,22-10-3-1-4-11-22)23-12-5-2-6-13-23/h1-17H. The average molecular weight is 416 g/mol. The highest BCUT2D eigenvalue weighted by Crippen LogP contribution is 2.57. The quantitative estimate of drug-likeness (QED) is 0.408. The predicted octanol–water partition coefficient (Wildman–Crippen LogP) is 5.60. The van der Waals surface area contributed by atoms with Crippen molar-refractivity contribution < 1.29 is 4.42 Å². The summed E-state index contributed by atoms with van der Waals surface area (Å²) in [4.78, 5) is 0. The summed E-state index contributed by atoms with van der Waals surface area (Å²) in [7, 11) is 0. The molecule has 0 spiro atoms. The average Bonchev–Trinajstić information content (AvgIpc) is 3.28. The molecule has 0 aliphatic carbocycles. The van der Waals surface area contributed by atoms with Crippen molar-refractivity contribution in [3.63, 3.8) is 0 Å². The van der Waals surface area contributed by atoms with Crippen LogP contribution < -0.4 is 10.6 Å². The normalized spacial score (nSPS) is 15.0. The molecule has 3 aromatic carbocycles. The molecule has 0 radical (unpaired) electrons. The second-order valence-electron chi connectivity index (χ2n) is 7.23. The molecule has 5 rings (SSSR count). The van der Waals surface area contributed by atoms with Crippen molar-refractivity contribution in [2.24, 2.45) is 0 Å². The van der Waals surface area contributed by atoms with Crippen LogP contribution in [0.1, 0.15) is 5.76 Å². The lowest BCUT2D eigenvalue weighted by Crippen LogP contribution is -2.24. The van der Waals surface area contributed by atoms with E-state index in [1.54, 1.807) is 0 Å². The van der Waals surface area contributed by atoms with Crippen molar-refractivity contribution in [1.29, 1.82) is 10.5 Å². The largest absolute Gasteiger partial charge is 0.456 e. The number of furan rings is 1. The molecular weight excluding hydrogens is 399 g/mol. The highest BCUT2D eigenvalue weighted by Gasteiger charge is 2.34. The molecule has 0 amide bonds. The molecule has 0 unspecified atom stereocenters. The molecule has 146 valence electrons. The van der Waals surface area contributed by atoms with Gasteiger partial charge in [0.05, 0.1) is 10.6 Å². The van der Waals surface area contributed by atoms with Crippen molar-refractivity contribution >= 4 is 39.3 Å². The van der Waals surface area contributed by atoms with Gasteiger partial charge in [-0.2, -0.15) is 10.5 Å². The van der Waals surface area contributed by atoms with Gasteiger partial charge >= 0.3 is 0 Å². The predicted molar refractivity (Wildman–Crippen MR) is 128 cm³/mol.